The Balaban J connectivity index is 2.05. The van der Waals surface area contributed by atoms with E-state index in [0.29, 0.717) is 41.2 Å². The minimum atomic E-state index is -0.485. The van der Waals surface area contributed by atoms with E-state index in [9.17, 15) is 14.9 Å². The zero-order valence-corrected chi connectivity index (χ0v) is 17.6. The van der Waals surface area contributed by atoms with Gasteiger partial charge in [0.1, 0.15) is 17.2 Å². The molecule has 3 rings (SSSR count). The van der Waals surface area contributed by atoms with Crippen LogP contribution in [-0.4, -0.2) is 25.1 Å². The molecule has 7 heteroatoms. The number of nitro benzene ring substituents is 1. The lowest BCUT2D eigenvalue weighted by atomic mass is 9.96. The van der Waals surface area contributed by atoms with Crippen molar-refractivity contribution in [2.24, 2.45) is 0 Å². The number of benzene rings is 3. The van der Waals surface area contributed by atoms with Crippen molar-refractivity contribution in [3.05, 3.63) is 93.0 Å². The number of carbonyl (C=O) groups excluding carboxylic acids is 1. The van der Waals surface area contributed by atoms with Crippen LogP contribution in [0.15, 0.2) is 60.7 Å². The molecule has 0 aliphatic carbocycles. The molecule has 0 aliphatic heterocycles. The summed E-state index contributed by atoms with van der Waals surface area (Å²) in [6.45, 7) is 1.32. The van der Waals surface area contributed by atoms with Crippen LogP contribution in [0.3, 0.4) is 0 Å². The van der Waals surface area contributed by atoms with E-state index < -0.39 is 10.9 Å². The molecule has 0 spiro atoms. The van der Waals surface area contributed by atoms with Gasteiger partial charge in [-0.3, -0.25) is 14.9 Å². The predicted octanol–water partition coefficient (Wildman–Crippen LogP) is 4.72. The zero-order valence-electron chi connectivity index (χ0n) is 17.6. The Morgan fingerprint density at radius 3 is 1.58 bits per heavy atom. The van der Waals surface area contributed by atoms with Crippen molar-refractivity contribution >= 4 is 11.7 Å². The molecule has 160 valence electrons. The minimum Gasteiger partial charge on any atom is -0.497 e. The van der Waals surface area contributed by atoms with Crippen LogP contribution in [0.2, 0.25) is 0 Å². The summed E-state index contributed by atoms with van der Waals surface area (Å²) in [6.07, 6.45) is 0.730. The molecular formula is C24H23NO6. The van der Waals surface area contributed by atoms with Crippen molar-refractivity contribution < 1.29 is 23.9 Å². The molecule has 0 amide bonds. The largest absolute Gasteiger partial charge is 0.497 e. The molecule has 3 aromatic carbocycles. The molecule has 0 saturated carbocycles. The van der Waals surface area contributed by atoms with Gasteiger partial charge in [0.05, 0.1) is 19.1 Å². The van der Waals surface area contributed by atoms with Crippen LogP contribution in [0, 0.1) is 10.1 Å². The third kappa shape index (κ3) is 5.60. The summed E-state index contributed by atoms with van der Waals surface area (Å²) < 4.78 is 15.9. The quantitative estimate of drug-likeness (QED) is 0.226. The summed E-state index contributed by atoms with van der Waals surface area (Å²) in [6, 6.07) is 17.7. The molecule has 0 atom stereocenters. The first-order valence-corrected chi connectivity index (χ1v) is 9.64. The molecule has 0 heterocycles. The molecule has 0 unspecified atom stereocenters. The maximum Gasteiger partial charge on any atom is 0.308 e. The number of nitrogens with zero attached hydrogens (tertiary/aromatic N) is 1. The lowest BCUT2D eigenvalue weighted by molar-refractivity contribution is -0.385. The van der Waals surface area contributed by atoms with Crippen LogP contribution < -0.4 is 14.2 Å². The van der Waals surface area contributed by atoms with E-state index in [2.05, 4.69) is 0 Å². The average molecular weight is 421 g/mol. The number of nitro groups is 1. The highest BCUT2D eigenvalue weighted by Gasteiger charge is 2.20. The highest BCUT2D eigenvalue weighted by atomic mass is 16.6. The molecule has 0 N–H and O–H groups in total. The van der Waals surface area contributed by atoms with Crippen molar-refractivity contribution in [3.63, 3.8) is 0 Å². The second kappa shape index (κ2) is 9.75. The first-order valence-electron chi connectivity index (χ1n) is 9.64. The van der Waals surface area contributed by atoms with Crippen LogP contribution >= 0.6 is 0 Å². The van der Waals surface area contributed by atoms with E-state index in [1.807, 2.05) is 48.5 Å². The number of non-ortho nitro benzene ring substituents is 1. The molecule has 0 saturated heterocycles. The van der Waals surface area contributed by atoms with E-state index in [4.69, 9.17) is 14.2 Å². The first-order chi connectivity index (χ1) is 14.9. The fraction of sp³-hybridized carbons (Fsp3) is 0.208. The van der Waals surface area contributed by atoms with Crippen molar-refractivity contribution in [1.82, 2.24) is 0 Å². The fourth-order valence-corrected chi connectivity index (χ4v) is 3.31. The number of hydrogen-bond acceptors (Lipinski definition) is 6. The van der Waals surface area contributed by atoms with Gasteiger partial charge in [-0.1, -0.05) is 24.3 Å². The van der Waals surface area contributed by atoms with Crippen LogP contribution in [0.25, 0.3) is 0 Å². The molecule has 0 bridgehead atoms. The highest BCUT2D eigenvalue weighted by Crippen LogP contribution is 2.34. The van der Waals surface area contributed by atoms with E-state index in [1.54, 1.807) is 14.2 Å². The Hall–Kier alpha value is -3.87. The third-order valence-corrected chi connectivity index (χ3v) is 4.79. The first kappa shape index (κ1) is 21.8. The van der Waals surface area contributed by atoms with Crippen LogP contribution in [-0.2, 0) is 17.6 Å². The number of ether oxygens (including phenoxy) is 3. The number of rotatable bonds is 8. The number of hydrogen-bond donors (Lipinski definition) is 0. The standard InChI is InChI=1S/C24H23NO6/c1-16(26)31-24-19(12-17-4-8-22(29-2)9-5-17)14-21(25(27)28)15-20(24)13-18-6-10-23(30-3)11-7-18/h4-11,14-15H,12-13H2,1-3H3. The molecule has 0 aromatic heterocycles. The van der Waals surface area contributed by atoms with Crippen molar-refractivity contribution in [1.29, 1.82) is 0 Å². The van der Waals surface area contributed by atoms with Crippen LogP contribution in [0.5, 0.6) is 17.2 Å². The second-order valence-corrected chi connectivity index (χ2v) is 6.99. The summed E-state index contributed by atoms with van der Waals surface area (Å²) >= 11 is 0. The maximum atomic E-state index is 11.8. The van der Waals surface area contributed by atoms with Crippen molar-refractivity contribution in [2.45, 2.75) is 19.8 Å². The summed E-state index contributed by atoms with van der Waals surface area (Å²) in [5.74, 6) is 1.29. The van der Waals surface area contributed by atoms with Gasteiger partial charge in [-0.15, -0.1) is 0 Å². The number of carbonyl (C=O) groups is 1. The highest BCUT2D eigenvalue weighted by molar-refractivity contribution is 5.71. The van der Waals surface area contributed by atoms with Crippen LogP contribution in [0.4, 0.5) is 5.69 Å². The van der Waals surface area contributed by atoms with Gasteiger partial charge in [0.15, 0.2) is 0 Å². The van der Waals surface area contributed by atoms with Crippen LogP contribution in [0.1, 0.15) is 29.2 Å². The van der Waals surface area contributed by atoms with Gasteiger partial charge in [0.25, 0.3) is 5.69 Å². The molecular weight excluding hydrogens is 398 g/mol. The predicted molar refractivity (Wildman–Crippen MR) is 116 cm³/mol. The molecule has 3 aromatic rings. The van der Waals surface area contributed by atoms with Gasteiger partial charge in [0, 0.05) is 43.0 Å². The summed E-state index contributed by atoms with van der Waals surface area (Å²) in [7, 11) is 3.17. The Kier molecular flexibility index (Phi) is 6.87. The van der Waals surface area contributed by atoms with Crippen molar-refractivity contribution in [2.75, 3.05) is 14.2 Å². The summed E-state index contributed by atoms with van der Waals surface area (Å²) in [5, 5.41) is 11.6. The second-order valence-electron chi connectivity index (χ2n) is 6.99. The van der Waals surface area contributed by atoms with Gasteiger partial charge in [-0.25, -0.2) is 0 Å². The molecule has 31 heavy (non-hydrogen) atoms. The van der Waals surface area contributed by atoms with E-state index >= 15 is 0 Å². The van der Waals surface area contributed by atoms with E-state index in [0.717, 1.165) is 11.1 Å². The fourth-order valence-electron chi connectivity index (χ4n) is 3.31. The Labute approximate surface area is 180 Å². The van der Waals surface area contributed by atoms with Crippen molar-refractivity contribution in [3.8, 4) is 17.2 Å². The van der Waals surface area contributed by atoms with Gasteiger partial charge < -0.3 is 14.2 Å². The maximum absolute atomic E-state index is 11.8. The molecule has 0 fully saturated rings. The minimum absolute atomic E-state index is 0.0528. The third-order valence-electron chi connectivity index (χ3n) is 4.79. The average Bonchev–Trinajstić information content (AvgIpc) is 2.76. The number of esters is 1. The smallest absolute Gasteiger partial charge is 0.308 e. The Morgan fingerprint density at radius 1 is 0.839 bits per heavy atom. The monoisotopic (exact) mass is 421 g/mol. The zero-order chi connectivity index (χ0) is 22.4. The normalized spacial score (nSPS) is 10.4. The number of methoxy groups -OCH3 is 2. The molecule has 7 nitrogen and oxygen atoms in total. The lowest BCUT2D eigenvalue weighted by Crippen LogP contribution is -2.09. The Bertz CT molecular complexity index is 1000. The Morgan fingerprint density at radius 2 is 1.26 bits per heavy atom. The SMILES string of the molecule is COc1ccc(Cc2cc([N+](=O)[O-])cc(Cc3ccc(OC)cc3)c2OC(C)=O)cc1. The molecule has 0 radical (unpaired) electrons. The summed E-state index contributed by atoms with van der Waals surface area (Å²) in [5.41, 5.74) is 2.90. The van der Waals surface area contributed by atoms with Gasteiger partial charge >= 0.3 is 5.97 Å². The lowest BCUT2D eigenvalue weighted by Gasteiger charge is -2.15. The van der Waals surface area contributed by atoms with E-state index in [1.165, 1.54) is 19.1 Å². The summed E-state index contributed by atoms with van der Waals surface area (Å²) in [4.78, 5) is 23.0. The van der Waals surface area contributed by atoms with Gasteiger partial charge in [-0.2, -0.15) is 0 Å². The van der Waals surface area contributed by atoms with E-state index in [-0.39, 0.29) is 5.69 Å². The van der Waals surface area contributed by atoms with Gasteiger partial charge in [-0.05, 0) is 35.4 Å². The van der Waals surface area contributed by atoms with Gasteiger partial charge in [0.2, 0.25) is 0 Å². The molecule has 0 aliphatic rings. The topological polar surface area (TPSA) is 87.9 Å².